The molecule has 1 aromatic heterocycles. The van der Waals surface area contributed by atoms with E-state index < -0.39 is 11.2 Å². The number of likely N-dealkylation sites (tertiary alicyclic amines) is 1. The summed E-state index contributed by atoms with van der Waals surface area (Å²) < 4.78 is 0. The van der Waals surface area contributed by atoms with Gasteiger partial charge in [0, 0.05) is 22.7 Å². The first-order chi connectivity index (χ1) is 8.90. The second-order valence-electron chi connectivity index (χ2n) is 4.46. The van der Waals surface area contributed by atoms with Gasteiger partial charge in [0.05, 0.1) is 5.25 Å². The van der Waals surface area contributed by atoms with Crippen LogP contribution in [0, 0.1) is 0 Å². The van der Waals surface area contributed by atoms with Crippen LogP contribution in [0.5, 0.6) is 0 Å². The Hall–Kier alpha value is -1.34. The first kappa shape index (κ1) is 14.1. The molecule has 1 aromatic rings. The molecule has 2 rings (SSSR count). The van der Waals surface area contributed by atoms with Crippen molar-refractivity contribution in [2.75, 3.05) is 0 Å². The monoisotopic (exact) mass is 299 g/mol. The number of carboxylic acid groups (broad SMARTS) is 1. The molecule has 2 amide bonds. The number of aromatic carboxylic acids is 1. The minimum Gasteiger partial charge on any atom is -0.477 e. The molecule has 1 fully saturated rings. The molecule has 2 heterocycles. The predicted octanol–water partition coefficient (Wildman–Crippen LogP) is 2.07. The lowest BCUT2D eigenvalue weighted by Crippen LogP contribution is -2.37. The van der Waals surface area contributed by atoms with Crippen molar-refractivity contribution >= 4 is 40.9 Å². The van der Waals surface area contributed by atoms with Crippen LogP contribution in [0.2, 0.25) is 0 Å². The number of thiophene rings is 1. The van der Waals surface area contributed by atoms with E-state index in [0.717, 1.165) is 16.2 Å². The van der Waals surface area contributed by atoms with Crippen molar-refractivity contribution in [3.05, 3.63) is 16.3 Å². The molecule has 1 unspecified atom stereocenters. The van der Waals surface area contributed by atoms with Crippen LogP contribution in [-0.2, 0) is 9.59 Å². The van der Waals surface area contributed by atoms with Gasteiger partial charge in [-0.15, -0.1) is 23.1 Å². The summed E-state index contributed by atoms with van der Waals surface area (Å²) in [6, 6.07) is 1.40. The Labute approximate surface area is 118 Å². The van der Waals surface area contributed by atoms with E-state index in [1.165, 1.54) is 22.7 Å². The molecule has 19 heavy (non-hydrogen) atoms. The van der Waals surface area contributed by atoms with Crippen molar-refractivity contribution in [3.8, 4) is 0 Å². The molecule has 0 spiro atoms. The van der Waals surface area contributed by atoms with Crippen LogP contribution in [0.4, 0.5) is 0 Å². The van der Waals surface area contributed by atoms with E-state index in [4.69, 9.17) is 5.11 Å². The van der Waals surface area contributed by atoms with E-state index in [2.05, 4.69) is 0 Å². The molecule has 102 valence electrons. The van der Waals surface area contributed by atoms with E-state index in [1.807, 2.05) is 0 Å². The van der Waals surface area contributed by atoms with Crippen molar-refractivity contribution in [1.29, 1.82) is 0 Å². The molecular formula is C12H13NO4S2. The van der Waals surface area contributed by atoms with Gasteiger partial charge in [0.25, 0.3) is 0 Å². The fraction of sp³-hybridized carbons (Fsp3) is 0.417. The summed E-state index contributed by atoms with van der Waals surface area (Å²) >= 11 is 2.38. The summed E-state index contributed by atoms with van der Waals surface area (Å²) in [5, 5.41) is 10.1. The first-order valence-corrected chi connectivity index (χ1v) is 7.50. The fourth-order valence-corrected chi connectivity index (χ4v) is 3.92. The van der Waals surface area contributed by atoms with Gasteiger partial charge in [-0.2, -0.15) is 0 Å². The molecule has 0 aliphatic carbocycles. The van der Waals surface area contributed by atoms with Crippen LogP contribution in [0.3, 0.4) is 0 Å². The van der Waals surface area contributed by atoms with Gasteiger partial charge in [0.2, 0.25) is 11.8 Å². The fourth-order valence-electron chi connectivity index (χ4n) is 1.91. The Balaban J connectivity index is 2.09. The smallest absolute Gasteiger partial charge is 0.345 e. The number of rotatable bonds is 4. The molecule has 0 bridgehead atoms. The summed E-state index contributed by atoms with van der Waals surface area (Å²) in [5.41, 5.74) is 0. The number of nitrogens with zero attached hydrogens (tertiary/aromatic N) is 1. The van der Waals surface area contributed by atoms with Crippen LogP contribution in [0.1, 0.15) is 29.9 Å². The zero-order valence-electron chi connectivity index (χ0n) is 10.5. The third kappa shape index (κ3) is 2.82. The minimum absolute atomic E-state index is 0.136. The normalized spacial score (nSPS) is 19.5. The summed E-state index contributed by atoms with van der Waals surface area (Å²) in [4.78, 5) is 36.8. The maximum absolute atomic E-state index is 12.1. The minimum atomic E-state index is -0.977. The van der Waals surface area contributed by atoms with E-state index >= 15 is 0 Å². The van der Waals surface area contributed by atoms with Crippen LogP contribution in [-0.4, -0.2) is 39.1 Å². The summed E-state index contributed by atoms with van der Waals surface area (Å²) in [6.45, 7) is 3.60. The average Bonchev–Trinajstić information content (AvgIpc) is 2.85. The van der Waals surface area contributed by atoms with Crippen LogP contribution >= 0.6 is 23.1 Å². The molecule has 1 aliphatic heterocycles. The Morgan fingerprint density at radius 1 is 1.53 bits per heavy atom. The van der Waals surface area contributed by atoms with Crippen LogP contribution < -0.4 is 0 Å². The van der Waals surface area contributed by atoms with E-state index in [1.54, 1.807) is 19.2 Å². The van der Waals surface area contributed by atoms with Gasteiger partial charge in [-0.1, -0.05) is 0 Å². The molecule has 1 aliphatic rings. The standard InChI is InChI=1S/C12H13NO4S2/c1-6(2)13-10(14)4-8(11(13)15)19-7-3-9(12(16)17)18-5-7/h3,5-6,8H,4H2,1-2H3,(H,16,17). The molecule has 0 aromatic carbocycles. The van der Waals surface area contributed by atoms with Gasteiger partial charge < -0.3 is 5.11 Å². The number of imide groups is 1. The lowest BCUT2D eigenvalue weighted by molar-refractivity contribution is -0.140. The highest BCUT2D eigenvalue weighted by Crippen LogP contribution is 2.34. The number of carbonyl (C=O) groups excluding carboxylic acids is 2. The maximum atomic E-state index is 12.1. The zero-order valence-corrected chi connectivity index (χ0v) is 12.1. The van der Waals surface area contributed by atoms with Crippen molar-refractivity contribution < 1.29 is 19.5 Å². The van der Waals surface area contributed by atoms with Crippen molar-refractivity contribution in [2.45, 2.75) is 36.5 Å². The van der Waals surface area contributed by atoms with Crippen molar-refractivity contribution in [3.63, 3.8) is 0 Å². The number of carbonyl (C=O) groups is 3. The van der Waals surface area contributed by atoms with Crippen molar-refractivity contribution in [2.24, 2.45) is 0 Å². The van der Waals surface area contributed by atoms with Crippen LogP contribution in [0.25, 0.3) is 0 Å². The zero-order chi connectivity index (χ0) is 14.2. The Morgan fingerprint density at radius 3 is 2.68 bits per heavy atom. The van der Waals surface area contributed by atoms with Gasteiger partial charge >= 0.3 is 5.97 Å². The van der Waals surface area contributed by atoms with E-state index in [-0.39, 0.29) is 29.2 Å². The molecular weight excluding hydrogens is 286 g/mol. The number of carboxylic acids is 1. The van der Waals surface area contributed by atoms with Gasteiger partial charge in [-0.3, -0.25) is 14.5 Å². The van der Waals surface area contributed by atoms with E-state index in [0.29, 0.717) is 0 Å². The van der Waals surface area contributed by atoms with Gasteiger partial charge in [0.15, 0.2) is 0 Å². The topological polar surface area (TPSA) is 74.7 Å². The highest BCUT2D eigenvalue weighted by molar-refractivity contribution is 8.00. The SMILES string of the molecule is CC(C)N1C(=O)CC(Sc2csc(C(=O)O)c2)C1=O. The summed E-state index contributed by atoms with van der Waals surface area (Å²) in [7, 11) is 0. The Kier molecular flexibility index (Phi) is 3.96. The van der Waals surface area contributed by atoms with Crippen molar-refractivity contribution in [1.82, 2.24) is 4.90 Å². The lowest BCUT2D eigenvalue weighted by Gasteiger charge is -2.18. The highest BCUT2D eigenvalue weighted by atomic mass is 32.2. The molecule has 7 heteroatoms. The molecule has 1 atom stereocenters. The number of thioether (sulfide) groups is 1. The highest BCUT2D eigenvalue weighted by Gasteiger charge is 2.40. The number of hydrogen-bond donors (Lipinski definition) is 1. The van der Waals surface area contributed by atoms with E-state index in [9.17, 15) is 14.4 Å². The summed E-state index contributed by atoms with van der Waals surface area (Å²) in [5.74, 6) is -1.33. The predicted molar refractivity (Wildman–Crippen MR) is 72.5 cm³/mol. The average molecular weight is 299 g/mol. The lowest BCUT2D eigenvalue weighted by atomic mass is 10.3. The summed E-state index contributed by atoms with van der Waals surface area (Å²) in [6.07, 6.45) is 0.180. The third-order valence-corrected chi connectivity index (χ3v) is 4.95. The largest absolute Gasteiger partial charge is 0.477 e. The second kappa shape index (κ2) is 5.34. The Bertz CT molecular complexity index is 538. The van der Waals surface area contributed by atoms with Gasteiger partial charge in [0.1, 0.15) is 4.88 Å². The number of amides is 2. The molecule has 0 radical (unpaired) electrons. The maximum Gasteiger partial charge on any atom is 0.345 e. The van der Waals surface area contributed by atoms with Crippen LogP contribution in [0.15, 0.2) is 16.3 Å². The third-order valence-electron chi connectivity index (χ3n) is 2.72. The Morgan fingerprint density at radius 2 is 2.21 bits per heavy atom. The molecule has 0 saturated carbocycles. The molecule has 1 saturated heterocycles. The van der Waals surface area contributed by atoms with Gasteiger partial charge in [-0.05, 0) is 19.9 Å². The second-order valence-corrected chi connectivity index (χ2v) is 6.65. The molecule has 1 N–H and O–H groups in total. The number of hydrogen-bond acceptors (Lipinski definition) is 5. The molecule has 5 nitrogen and oxygen atoms in total. The quantitative estimate of drug-likeness (QED) is 0.862. The first-order valence-electron chi connectivity index (χ1n) is 5.74. The van der Waals surface area contributed by atoms with Gasteiger partial charge in [-0.25, -0.2) is 4.79 Å².